The lowest BCUT2D eigenvalue weighted by molar-refractivity contribution is 0.157. The molecule has 0 aromatic heterocycles. The van der Waals surface area contributed by atoms with Crippen LogP contribution in [0.3, 0.4) is 0 Å². The van der Waals surface area contributed by atoms with Gasteiger partial charge in [0.2, 0.25) is 10.0 Å². The van der Waals surface area contributed by atoms with Gasteiger partial charge in [-0.15, -0.1) is 0 Å². The second kappa shape index (κ2) is 12.7. The highest BCUT2D eigenvalue weighted by Crippen LogP contribution is 2.18. The first kappa shape index (κ1) is 29.1. The van der Waals surface area contributed by atoms with Crippen molar-refractivity contribution < 1.29 is 17.4 Å². The summed E-state index contributed by atoms with van der Waals surface area (Å²) in [5, 5.41) is 0. The number of nitrogens with zero attached hydrogens (tertiary/aromatic N) is 1. The van der Waals surface area contributed by atoms with Crippen LogP contribution in [0.4, 0.5) is 0 Å². The molecule has 192 valence electrons. The Hall–Kier alpha value is -2.13. The second-order valence-electron chi connectivity index (χ2n) is 10.3. The Balaban J connectivity index is 2.31. The molecular weight excluding hydrogens is 480 g/mol. The second-order valence-corrected chi connectivity index (χ2v) is 14.7. The van der Waals surface area contributed by atoms with Gasteiger partial charge in [-0.2, -0.15) is 4.40 Å². The molecule has 0 aliphatic rings. The van der Waals surface area contributed by atoms with Crippen LogP contribution in [0, 0.1) is 0 Å². The molecule has 0 heterocycles. The average molecular weight is 519 g/mol. The third kappa shape index (κ3) is 10.2. The summed E-state index contributed by atoms with van der Waals surface area (Å²) in [7, 11) is -5.15. The number of hydrogen-bond acceptors (Lipinski definition) is 4. The highest BCUT2D eigenvalue weighted by molar-refractivity contribution is 7.90. The standard InChI is InChI=1S/C27H38N2O4S2/c1-26(2,3)34(30)28-25(21-33-20-23-15-11-8-12-16-23)19-24(29-35(31,32)27(4,5)6)18-17-22-13-9-7-10-14-22/h7-18,24,29H,19-21H2,1-6H3/b18-17+,28-25-/t24-,34?/m1/s1. The topological polar surface area (TPSA) is 84.8 Å². The lowest BCUT2D eigenvalue weighted by Crippen LogP contribution is -2.45. The monoisotopic (exact) mass is 518 g/mol. The predicted octanol–water partition coefficient (Wildman–Crippen LogP) is 5.30. The van der Waals surface area contributed by atoms with Gasteiger partial charge in [0.15, 0.2) is 0 Å². The first-order valence-electron chi connectivity index (χ1n) is 11.6. The first-order valence-corrected chi connectivity index (χ1v) is 14.2. The Morgan fingerprint density at radius 1 is 1.00 bits per heavy atom. The first-order chi connectivity index (χ1) is 16.3. The van der Waals surface area contributed by atoms with Crippen molar-refractivity contribution in [2.24, 2.45) is 4.40 Å². The molecule has 0 fully saturated rings. The quantitative estimate of drug-likeness (QED) is 0.409. The van der Waals surface area contributed by atoms with Crippen molar-refractivity contribution >= 4 is 32.8 Å². The molecule has 6 nitrogen and oxygen atoms in total. The smallest absolute Gasteiger partial charge is 0.217 e. The number of hydrogen-bond donors (Lipinski definition) is 1. The van der Waals surface area contributed by atoms with Crippen molar-refractivity contribution in [3.05, 3.63) is 77.9 Å². The summed E-state index contributed by atoms with van der Waals surface area (Å²) >= 11 is 0. The van der Waals surface area contributed by atoms with Crippen LogP contribution in [0.5, 0.6) is 0 Å². The van der Waals surface area contributed by atoms with Crippen LogP contribution in [-0.2, 0) is 32.4 Å². The van der Waals surface area contributed by atoms with Crippen LogP contribution in [0.1, 0.15) is 59.1 Å². The summed E-state index contributed by atoms with van der Waals surface area (Å²) < 4.78 is 50.4. The fourth-order valence-corrected chi connectivity index (χ4v) is 4.36. The average Bonchev–Trinajstić information content (AvgIpc) is 2.77. The zero-order valence-electron chi connectivity index (χ0n) is 21.5. The minimum atomic E-state index is -3.64. The fraction of sp³-hybridized carbons (Fsp3) is 0.444. The molecule has 2 aromatic carbocycles. The largest absolute Gasteiger partial charge is 0.371 e. The van der Waals surface area contributed by atoms with Gasteiger partial charge in [0, 0.05) is 12.5 Å². The minimum absolute atomic E-state index is 0.142. The van der Waals surface area contributed by atoms with Gasteiger partial charge in [0.25, 0.3) is 0 Å². The Morgan fingerprint density at radius 2 is 1.57 bits per heavy atom. The zero-order chi connectivity index (χ0) is 26.1. The highest BCUT2D eigenvalue weighted by atomic mass is 32.2. The molecule has 2 rings (SSSR count). The van der Waals surface area contributed by atoms with E-state index in [2.05, 4.69) is 9.12 Å². The van der Waals surface area contributed by atoms with Gasteiger partial charge >= 0.3 is 0 Å². The summed E-state index contributed by atoms with van der Waals surface area (Å²) in [6.07, 6.45) is 3.92. The van der Waals surface area contributed by atoms with Gasteiger partial charge in [0.05, 0.1) is 28.4 Å². The van der Waals surface area contributed by atoms with Crippen molar-refractivity contribution in [1.82, 2.24) is 4.72 Å². The van der Waals surface area contributed by atoms with Crippen LogP contribution in [0.15, 0.2) is 71.1 Å². The van der Waals surface area contributed by atoms with Crippen molar-refractivity contribution in [1.29, 1.82) is 0 Å². The maximum absolute atomic E-state index is 13.0. The number of benzene rings is 2. The van der Waals surface area contributed by atoms with Gasteiger partial charge in [-0.25, -0.2) is 17.3 Å². The lowest BCUT2D eigenvalue weighted by atomic mass is 10.1. The summed E-state index contributed by atoms with van der Waals surface area (Å²) in [6.45, 7) is 11.0. The van der Waals surface area contributed by atoms with Gasteiger partial charge in [0.1, 0.15) is 11.0 Å². The molecule has 8 heteroatoms. The fourth-order valence-electron chi connectivity index (χ4n) is 2.81. The Bertz CT molecular complexity index is 1120. The van der Waals surface area contributed by atoms with Gasteiger partial charge < -0.3 is 4.74 Å². The Morgan fingerprint density at radius 3 is 2.11 bits per heavy atom. The van der Waals surface area contributed by atoms with E-state index in [1.807, 2.05) is 93.6 Å². The van der Waals surface area contributed by atoms with E-state index >= 15 is 0 Å². The number of ether oxygens (including phenoxy) is 1. The van der Waals surface area contributed by atoms with Crippen LogP contribution in [0.25, 0.3) is 6.08 Å². The predicted molar refractivity (Wildman–Crippen MR) is 147 cm³/mol. The number of rotatable bonds is 11. The Kier molecular flexibility index (Phi) is 10.6. The lowest BCUT2D eigenvalue weighted by Gasteiger charge is -2.24. The number of sulfonamides is 1. The van der Waals surface area contributed by atoms with Crippen molar-refractivity contribution in [3.63, 3.8) is 0 Å². The van der Waals surface area contributed by atoms with E-state index < -0.39 is 36.5 Å². The molecule has 1 N–H and O–H groups in total. The van der Waals surface area contributed by atoms with Crippen LogP contribution >= 0.6 is 0 Å². The molecule has 35 heavy (non-hydrogen) atoms. The molecular formula is C27H38N2O4S2. The molecule has 0 aliphatic carbocycles. The Labute approximate surface area is 213 Å². The molecule has 2 aromatic rings. The van der Waals surface area contributed by atoms with Crippen LogP contribution in [0.2, 0.25) is 0 Å². The number of nitrogens with one attached hydrogen (secondary N) is 1. The van der Waals surface area contributed by atoms with Crippen molar-refractivity contribution in [3.8, 4) is 0 Å². The highest BCUT2D eigenvalue weighted by Gasteiger charge is 2.31. The summed E-state index contributed by atoms with van der Waals surface area (Å²) in [6, 6.07) is 18.8. The summed E-state index contributed by atoms with van der Waals surface area (Å²) in [5.74, 6) is 0. The molecule has 0 aliphatic heterocycles. The van der Waals surface area contributed by atoms with Crippen molar-refractivity contribution in [2.45, 2.75) is 70.1 Å². The van der Waals surface area contributed by atoms with Gasteiger partial charge in [-0.3, -0.25) is 0 Å². The van der Waals surface area contributed by atoms with E-state index in [9.17, 15) is 12.6 Å². The van der Waals surface area contributed by atoms with E-state index in [1.54, 1.807) is 20.8 Å². The molecule has 0 amide bonds. The molecule has 0 bridgehead atoms. The van der Waals surface area contributed by atoms with Crippen molar-refractivity contribution in [2.75, 3.05) is 6.61 Å². The molecule has 0 spiro atoms. The normalized spacial score (nSPS) is 15.3. The SMILES string of the molecule is CC(C)(C)S(=O)/N=C(\COCc1ccccc1)C[C@@H](/C=C/c1ccccc1)NS(=O)(=O)C(C)(C)C. The zero-order valence-corrected chi connectivity index (χ0v) is 23.2. The van der Waals surface area contributed by atoms with E-state index in [-0.39, 0.29) is 13.0 Å². The van der Waals surface area contributed by atoms with Gasteiger partial charge in [-0.05, 0) is 52.7 Å². The summed E-state index contributed by atoms with van der Waals surface area (Å²) in [4.78, 5) is 0. The molecule has 0 radical (unpaired) electrons. The van der Waals surface area contributed by atoms with Crippen LogP contribution < -0.4 is 4.72 Å². The summed E-state index contributed by atoms with van der Waals surface area (Å²) in [5.41, 5.74) is 2.50. The minimum Gasteiger partial charge on any atom is -0.371 e. The van der Waals surface area contributed by atoms with E-state index in [1.165, 1.54) is 0 Å². The van der Waals surface area contributed by atoms with E-state index in [4.69, 9.17) is 4.74 Å². The third-order valence-electron chi connectivity index (χ3n) is 5.00. The van der Waals surface area contributed by atoms with Gasteiger partial charge in [-0.1, -0.05) is 72.8 Å². The molecule has 0 saturated carbocycles. The van der Waals surface area contributed by atoms with E-state index in [0.29, 0.717) is 12.3 Å². The maximum Gasteiger partial charge on any atom is 0.217 e. The van der Waals surface area contributed by atoms with E-state index in [0.717, 1.165) is 11.1 Å². The molecule has 1 unspecified atom stereocenters. The maximum atomic E-state index is 13.0. The van der Waals surface area contributed by atoms with Crippen LogP contribution in [-0.4, -0.2) is 40.5 Å². The molecule has 0 saturated heterocycles. The third-order valence-corrected chi connectivity index (χ3v) is 8.70. The molecule has 2 atom stereocenters.